The lowest BCUT2D eigenvalue weighted by Crippen LogP contribution is -2.37. The number of carbonyl (C=O) groups is 1. The predicted octanol–water partition coefficient (Wildman–Crippen LogP) is 2.19. The van der Waals surface area contributed by atoms with Crippen molar-refractivity contribution in [2.75, 3.05) is 18.0 Å². The fourth-order valence-electron chi connectivity index (χ4n) is 2.79. The molecule has 5 nitrogen and oxygen atoms in total. The molecular formula is C17H17ClFN3O2. The summed E-state index contributed by atoms with van der Waals surface area (Å²) in [5.41, 5.74) is 1.02. The second-order valence-corrected chi connectivity index (χ2v) is 6.28. The van der Waals surface area contributed by atoms with Gasteiger partial charge in [-0.15, -0.1) is 0 Å². The topological polar surface area (TPSA) is 54.3 Å². The quantitative estimate of drug-likeness (QED) is 0.924. The average Bonchev–Trinajstić information content (AvgIpc) is 3.01. The summed E-state index contributed by atoms with van der Waals surface area (Å²) in [7, 11) is 1.60. The van der Waals surface area contributed by atoms with Gasteiger partial charge in [0.25, 0.3) is 5.91 Å². The molecule has 0 unspecified atom stereocenters. The Hall–Kier alpha value is -2.34. The fourth-order valence-corrected chi connectivity index (χ4v) is 2.91. The number of anilines is 1. The molecule has 0 spiro atoms. The van der Waals surface area contributed by atoms with Crippen molar-refractivity contribution in [3.05, 3.63) is 63.3 Å². The first-order chi connectivity index (χ1) is 11.4. The molecule has 7 heteroatoms. The zero-order valence-corrected chi connectivity index (χ0v) is 13.9. The first-order valence-corrected chi connectivity index (χ1v) is 7.99. The summed E-state index contributed by atoms with van der Waals surface area (Å²) in [6.45, 7) is 1.32. The van der Waals surface area contributed by atoms with E-state index in [0.717, 1.165) is 18.7 Å². The van der Waals surface area contributed by atoms with Gasteiger partial charge in [-0.25, -0.2) is 4.39 Å². The van der Waals surface area contributed by atoms with E-state index in [4.69, 9.17) is 11.6 Å². The molecule has 1 fully saturated rings. The Morgan fingerprint density at radius 3 is 2.83 bits per heavy atom. The van der Waals surface area contributed by atoms with Crippen LogP contribution >= 0.6 is 11.6 Å². The Labute approximate surface area is 143 Å². The molecule has 1 N–H and O–H groups in total. The first kappa shape index (κ1) is 16.5. The summed E-state index contributed by atoms with van der Waals surface area (Å²) in [6.07, 6.45) is 2.28. The normalized spacial score (nSPS) is 17.1. The number of pyridine rings is 1. The van der Waals surface area contributed by atoms with Gasteiger partial charge in [0, 0.05) is 44.1 Å². The minimum Gasteiger partial charge on any atom is -0.369 e. The van der Waals surface area contributed by atoms with Crippen molar-refractivity contribution in [3.63, 3.8) is 0 Å². The zero-order valence-electron chi connectivity index (χ0n) is 13.1. The second-order valence-electron chi connectivity index (χ2n) is 5.87. The summed E-state index contributed by atoms with van der Waals surface area (Å²) < 4.78 is 14.9. The third-order valence-electron chi connectivity index (χ3n) is 4.14. The Morgan fingerprint density at radius 2 is 2.12 bits per heavy atom. The SMILES string of the molecule is Cn1cc(C(=O)N[C@H]2CCN(c3ccc(Cl)c(F)c3)C2)ccc1=O. The minimum absolute atomic E-state index is 0.0338. The molecule has 0 aliphatic carbocycles. The van der Waals surface area contributed by atoms with Gasteiger partial charge in [0.15, 0.2) is 0 Å². The van der Waals surface area contributed by atoms with Gasteiger partial charge in [0.05, 0.1) is 10.6 Å². The van der Waals surface area contributed by atoms with Crippen LogP contribution in [0.3, 0.4) is 0 Å². The smallest absolute Gasteiger partial charge is 0.253 e. The zero-order chi connectivity index (χ0) is 17.3. The van der Waals surface area contributed by atoms with E-state index in [1.165, 1.54) is 35.0 Å². The molecule has 0 radical (unpaired) electrons. The maximum atomic E-state index is 13.6. The standard InChI is InChI=1S/C17H17ClFN3O2/c1-21-9-11(2-5-16(21)23)17(24)20-12-6-7-22(10-12)13-3-4-14(18)15(19)8-13/h2-5,8-9,12H,6-7,10H2,1H3,(H,20,24)/t12-/m0/s1. The summed E-state index contributed by atoms with van der Waals surface area (Å²) in [4.78, 5) is 25.7. The molecule has 1 aromatic heterocycles. The van der Waals surface area contributed by atoms with Gasteiger partial charge in [-0.05, 0) is 30.7 Å². The van der Waals surface area contributed by atoms with Gasteiger partial charge >= 0.3 is 0 Å². The van der Waals surface area contributed by atoms with Crippen molar-refractivity contribution < 1.29 is 9.18 Å². The number of halogens is 2. The van der Waals surface area contributed by atoms with E-state index in [0.29, 0.717) is 12.1 Å². The second kappa shape index (κ2) is 6.65. The van der Waals surface area contributed by atoms with E-state index >= 15 is 0 Å². The van der Waals surface area contributed by atoms with E-state index in [2.05, 4.69) is 5.32 Å². The van der Waals surface area contributed by atoms with E-state index in [1.807, 2.05) is 4.90 Å². The number of carbonyl (C=O) groups excluding carboxylic acids is 1. The number of rotatable bonds is 3. The highest BCUT2D eigenvalue weighted by Gasteiger charge is 2.25. The predicted molar refractivity (Wildman–Crippen MR) is 91.2 cm³/mol. The van der Waals surface area contributed by atoms with Crippen LogP contribution in [0.5, 0.6) is 0 Å². The Balaban J connectivity index is 1.65. The van der Waals surface area contributed by atoms with Crippen LogP contribution in [0.2, 0.25) is 5.02 Å². The molecule has 2 aromatic rings. The summed E-state index contributed by atoms with van der Waals surface area (Å²) in [5.74, 6) is -0.674. The van der Waals surface area contributed by atoms with Gasteiger partial charge in [0.1, 0.15) is 5.82 Å². The van der Waals surface area contributed by atoms with Gasteiger partial charge < -0.3 is 14.8 Å². The lowest BCUT2D eigenvalue weighted by molar-refractivity contribution is 0.0939. The van der Waals surface area contributed by atoms with Gasteiger partial charge in [-0.2, -0.15) is 0 Å². The molecule has 1 atom stereocenters. The van der Waals surface area contributed by atoms with Crippen molar-refractivity contribution in [1.29, 1.82) is 0 Å². The molecule has 1 aliphatic rings. The summed E-state index contributed by atoms with van der Waals surface area (Å²) in [6, 6.07) is 7.55. The van der Waals surface area contributed by atoms with E-state index in [1.54, 1.807) is 13.1 Å². The van der Waals surface area contributed by atoms with Crippen molar-refractivity contribution in [2.24, 2.45) is 7.05 Å². The highest BCUT2D eigenvalue weighted by Crippen LogP contribution is 2.25. The first-order valence-electron chi connectivity index (χ1n) is 7.61. The van der Waals surface area contributed by atoms with Crippen molar-refractivity contribution in [1.82, 2.24) is 9.88 Å². The van der Waals surface area contributed by atoms with Crippen molar-refractivity contribution >= 4 is 23.2 Å². The lowest BCUT2D eigenvalue weighted by atomic mass is 10.2. The van der Waals surface area contributed by atoms with Gasteiger partial charge in [0.2, 0.25) is 5.56 Å². The number of nitrogens with zero attached hydrogens (tertiary/aromatic N) is 2. The van der Waals surface area contributed by atoms with Crippen molar-refractivity contribution in [2.45, 2.75) is 12.5 Å². The van der Waals surface area contributed by atoms with Crippen LogP contribution in [-0.4, -0.2) is 29.6 Å². The van der Waals surface area contributed by atoms with Gasteiger partial charge in [-0.1, -0.05) is 11.6 Å². The molecule has 3 rings (SSSR count). The molecule has 0 bridgehead atoms. The average molecular weight is 350 g/mol. The maximum absolute atomic E-state index is 13.6. The van der Waals surface area contributed by atoms with E-state index < -0.39 is 5.82 Å². The number of nitrogens with one attached hydrogen (secondary N) is 1. The largest absolute Gasteiger partial charge is 0.369 e. The van der Waals surface area contributed by atoms with Gasteiger partial charge in [-0.3, -0.25) is 9.59 Å². The highest BCUT2D eigenvalue weighted by atomic mass is 35.5. The summed E-state index contributed by atoms with van der Waals surface area (Å²) >= 11 is 5.70. The Bertz CT molecular complexity index is 837. The number of amides is 1. The number of hydrogen-bond donors (Lipinski definition) is 1. The fraction of sp³-hybridized carbons (Fsp3) is 0.294. The molecule has 24 heavy (non-hydrogen) atoms. The third-order valence-corrected chi connectivity index (χ3v) is 4.45. The molecule has 1 aliphatic heterocycles. The van der Waals surface area contributed by atoms with Crippen LogP contribution in [-0.2, 0) is 7.05 Å². The minimum atomic E-state index is -0.452. The molecule has 0 saturated carbocycles. The monoisotopic (exact) mass is 349 g/mol. The number of benzene rings is 1. The molecule has 1 amide bonds. The van der Waals surface area contributed by atoms with Crippen LogP contribution in [0.1, 0.15) is 16.8 Å². The number of aromatic nitrogens is 1. The van der Waals surface area contributed by atoms with E-state index in [-0.39, 0.29) is 22.5 Å². The van der Waals surface area contributed by atoms with Crippen molar-refractivity contribution in [3.8, 4) is 0 Å². The van der Waals surface area contributed by atoms with Crippen LogP contribution in [0.15, 0.2) is 41.3 Å². The molecule has 1 saturated heterocycles. The maximum Gasteiger partial charge on any atom is 0.253 e. The van der Waals surface area contributed by atoms with Crippen LogP contribution < -0.4 is 15.8 Å². The molecule has 1 aromatic carbocycles. The Kier molecular flexibility index (Phi) is 4.57. The molecule has 2 heterocycles. The highest BCUT2D eigenvalue weighted by molar-refractivity contribution is 6.30. The van der Waals surface area contributed by atoms with E-state index in [9.17, 15) is 14.0 Å². The molecule has 126 valence electrons. The number of aryl methyl sites for hydroxylation is 1. The summed E-state index contributed by atoms with van der Waals surface area (Å²) in [5, 5.41) is 3.05. The molecular weight excluding hydrogens is 333 g/mol. The Morgan fingerprint density at radius 1 is 1.33 bits per heavy atom. The van der Waals surface area contributed by atoms with Crippen LogP contribution in [0.4, 0.5) is 10.1 Å². The third kappa shape index (κ3) is 3.43. The van der Waals surface area contributed by atoms with Crippen LogP contribution in [0.25, 0.3) is 0 Å². The number of hydrogen-bond acceptors (Lipinski definition) is 3. The lowest BCUT2D eigenvalue weighted by Gasteiger charge is -2.19. The van der Waals surface area contributed by atoms with Crippen LogP contribution in [0, 0.1) is 5.82 Å².